The molecule has 0 N–H and O–H groups in total. The monoisotopic (exact) mass is 232 g/mol. The number of hydrogen-bond donors (Lipinski definition) is 0. The Hall–Kier alpha value is -1.90. The van der Waals surface area contributed by atoms with Gasteiger partial charge >= 0.3 is 5.97 Å². The predicted octanol–water partition coefficient (Wildman–Crippen LogP) is 3.12. The number of unbranched alkanes of at least 4 members (excludes halogenated alkanes) is 1. The number of allylic oxidation sites excluding steroid dienone is 1. The van der Waals surface area contributed by atoms with Gasteiger partial charge in [0.25, 0.3) is 5.78 Å². The first kappa shape index (κ1) is 13.2. The molecule has 0 heterocycles. The lowest BCUT2D eigenvalue weighted by Gasteiger charge is -2.05. The second kappa shape index (κ2) is 6.63. The van der Waals surface area contributed by atoms with Gasteiger partial charge in [0.1, 0.15) is 5.76 Å². The van der Waals surface area contributed by atoms with E-state index in [1.54, 1.807) is 30.3 Å². The Labute approximate surface area is 101 Å². The summed E-state index contributed by atoms with van der Waals surface area (Å²) in [5.41, 5.74) is 0.334. The molecule has 0 aromatic heterocycles. The lowest BCUT2D eigenvalue weighted by Crippen LogP contribution is -2.17. The smallest absolute Gasteiger partial charge is 0.384 e. The summed E-state index contributed by atoms with van der Waals surface area (Å²) >= 11 is 0. The lowest BCUT2D eigenvalue weighted by atomic mass is 10.1. The van der Waals surface area contributed by atoms with E-state index in [2.05, 4.69) is 6.58 Å². The summed E-state index contributed by atoms with van der Waals surface area (Å²) in [7, 11) is 0. The van der Waals surface area contributed by atoms with Crippen molar-refractivity contribution in [2.45, 2.75) is 26.2 Å². The average Bonchev–Trinajstić information content (AvgIpc) is 2.36. The van der Waals surface area contributed by atoms with Crippen LogP contribution in [-0.2, 0) is 9.53 Å². The Morgan fingerprint density at radius 3 is 2.47 bits per heavy atom. The molecular formula is C14H16O3. The van der Waals surface area contributed by atoms with Gasteiger partial charge in [-0.1, -0.05) is 50.3 Å². The van der Waals surface area contributed by atoms with Gasteiger partial charge in [0, 0.05) is 12.0 Å². The van der Waals surface area contributed by atoms with Crippen molar-refractivity contribution in [1.82, 2.24) is 0 Å². The molecule has 3 heteroatoms. The number of ether oxygens (including phenoxy) is 1. The third-order valence-corrected chi connectivity index (χ3v) is 2.27. The summed E-state index contributed by atoms with van der Waals surface area (Å²) in [6, 6.07) is 8.35. The molecule has 90 valence electrons. The molecule has 0 saturated heterocycles. The van der Waals surface area contributed by atoms with Crippen LogP contribution in [0.1, 0.15) is 36.5 Å². The summed E-state index contributed by atoms with van der Waals surface area (Å²) in [4.78, 5) is 23.1. The Morgan fingerprint density at radius 1 is 1.24 bits per heavy atom. The molecule has 1 rings (SSSR count). The van der Waals surface area contributed by atoms with Crippen molar-refractivity contribution in [2.24, 2.45) is 0 Å². The van der Waals surface area contributed by atoms with Crippen LogP contribution < -0.4 is 0 Å². The molecule has 3 nitrogen and oxygen atoms in total. The van der Waals surface area contributed by atoms with Gasteiger partial charge in [-0.3, -0.25) is 4.79 Å². The van der Waals surface area contributed by atoms with E-state index in [1.165, 1.54) is 0 Å². The van der Waals surface area contributed by atoms with Gasteiger partial charge in [0.05, 0.1) is 0 Å². The zero-order valence-corrected chi connectivity index (χ0v) is 9.94. The Bertz CT molecular complexity index is 407. The van der Waals surface area contributed by atoms with Crippen LogP contribution in [0, 0.1) is 0 Å². The molecule has 0 fully saturated rings. The summed E-state index contributed by atoms with van der Waals surface area (Å²) in [5.74, 6) is -1.15. The van der Waals surface area contributed by atoms with Crippen molar-refractivity contribution in [3.8, 4) is 0 Å². The van der Waals surface area contributed by atoms with E-state index in [0.29, 0.717) is 17.7 Å². The van der Waals surface area contributed by atoms with Crippen molar-refractivity contribution in [2.75, 3.05) is 0 Å². The molecule has 0 unspecified atom stereocenters. The van der Waals surface area contributed by atoms with E-state index in [-0.39, 0.29) is 0 Å². The highest BCUT2D eigenvalue weighted by Gasteiger charge is 2.18. The summed E-state index contributed by atoms with van der Waals surface area (Å²) in [6.07, 6.45) is 2.49. The summed E-state index contributed by atoms with van der Waals surface area (Å²) in [5, 5.41) is 0. The molecule has 0 bridgehead atoms. The molecule has 1 aromatic rings. The van der Waals surface area contributed by atoms with Gasteiger partial charge < -0.3 is 4.74 Å². The molecule has 0 aliphatic rings. The third-order valence-electron chi connectivity index (χ3n) is 2.27. The Balaban J connectivity index is 2.54. The number of esters is 1. The van der Waals surface area contributed by atoms with Crippen LogP contribution in [0.3, 0.4) is 0 Å². The van der Waals surface area contributed by atoms with Crippen LogP contribution in [0.4, 0.5) is 0 Å². The number of Topliss-reactive ketones (excluding diaryl/α,β-unsaturated/α-hetero) is 1. The summed E-state index contributed by atoms with van der Waals surface area (Å²) < 4.78 is 4.89. The molecule has 17 heavy (non-hydrogen) atoms. The third kappa shape index (κ3) is 4.23. The SMILES string of the molecule is C=C(CCCC)OC(=O)C(=O)c1ccccc1. The quantitative estimate of drug-likeness (QED) is 0.327. The van der Waals surface area contributed by atoms with Crippen LogP contribution in [0.5, 0.6) is 0 Å². The molecule has 0 aliphatic heterocycles. The lowest BCUT2D eigenvalue weighted by molar-refractivity contribution is -0.134. The van der Waals surface area contributed by atoms with Crippen LogP contribution in [0.25, 0.3) is 0 Å². The standard InChI is InChI=1S/C14H16O3/c1-3-4-8-11(2)17-14(16)13(15)12-9-6-5-7-10-12/h5-7,9-10H,2-4,8H2,1H3. The molecule has 1 aromatic carbocycles. The molecular weight excluding hydrogens is 216 g/mol. The van der Waals surface area contributed by atoms with Gasteiger partial charge in [0.15, 0.2) is 0 Å². The van der Waals surface area contributed by atoms with Gasteiger partial charge in [0.2, 0.25) is 0 Å². The number of benzene rings is 1. The van der Waals surface area contributed by atoms with Gasteiger partial charge in [-0.15, -0.1) is 0 Å². The van der Waals surface area contributed by atoms with Crippen molar-refractivity contribution < 1.29 is 14.3 Å². The fourth-order valence-corrected chi connectivity index (χ4v) is 1.31. The van der Waals surface area contributed by atoms with E-state index < -0.39 is 11.8 Å². The normalized spacial score (nSPS) is 9.71. The van der Waals surface area contributed by atoms with E-state index in [0.717, 1.165) is 12.8 Å². The van der Waals surface area contributed by atoms with Crippen LogP contribution >= 0.6 is 0 Å². The van der Waals surface area contributed by atoms with Crippen molar-refractivity contribution >= 4 is 11.8 Å². The minimum Gasteiger partial charge on any atom is -0.426 e. The largest absolute Gasteiger partial charge is 0.426 e. The van der Waals surface area contributed by atoms with Gasteiger partial charge in [-0.2, -0.15) is 0 Å². The minimum absolute atomic E-state index is 0.334. The highest BCUT2D eigenvalue weighted by Crippen LogP contribution is 2.09. The number of carbonyl (C=O) groups is 2. The average molecular weight is 232 g/mol. The second-order valence-electron chi connectivity index (χ2n) is 3.73. The minimum atomic E-state index is -0.864. The van der Waals surface area contributed by atoms with Crippen LogP contribution in [0.2, 0.25) is 0 Å². The van der Waals surface area contributed by atoms with Crippen LogP contribution in [-0.4, -0.2) is 11.8 Å². The number of hydrogen-bond acceptors (Lipinski definition) is 3. The van der Waals surface area contributed by atoms with Crippen molar-refractivity contribution in [3.63, 3.8) is 0 Å². The fraction of sp³-hybridized carbons (Fsp3) is 0.286. The topological polar surface area (TPSA) is 43.4 Å². The number of rotatable bonds is 6. The van der Waals surface area contributed by atoms with Gasteiger partial charge in [-0.25, -0.2) is 4.79 Å². The van der Waals surface area contributed by atoms with E-state index >= 15 is 0 Å². The van der Waals surface area contributed by atoms with Gasteiger partial charge in [-0.05, 0) is 6.42 Å². The Kier molecular flexibility index (Phi) is 5.14. The maximum Gasteiger partial charge on any atom is 0.384 e. The zero-order chi connectivity index (χ0) is 12.7. The Morgan fingerprint density at radius 2 is 1.88 bits per heavy atom. The van der Waals surface area contributed by atoms with E-state index in [4.69, 9.17) is 4.74 Å². The maximum atomic E-state index is 11.6. The molecule has 0 radical (unpaired) electrons. The molecule has 0 amide bonds. The highest BCUT2D eigenvalue weighted by atomic mass is 16.5. The van der Waals surface area contributed by atoms with Crippen molar-refractivity contribution in [3.05, 3.63) is 48.2 Å². The maximum absolute atomic E-state index is 11.6. The van der Waals surface area contributed by atoms with E-state index in [9.17, 15) is 9.59 Å². The molecule has 0 atom stereocenters. The van der Waals surface area contributed by atoms with Crippen molar-refractivity contribution in [1.29, 1.82) is 0 Å². The number of ketones is 1. The summed E-state index contributed by atoms with van der Waals surface area (Å²) in [6.45, 7) is 5.64. The first-order valence-electron chi connectivity index (χ1n) is 5.64. The molecule has 0 spiro atoms. The fourth-order valence-electron chi connectivity index (χ4n) is 1.31. The molecule has 0 saturated carbocycles. The second-order valence-corrected chi connectivity index (χ2v) is 3.73. The first-order chi connectivity index (χ1) is 8.15. The first-order valence-corrected chi connectivity index (χ1v) is 5.64. The number of carbonyl (C=O) groups excluding carboxylic acids is 2. The van der Waals surface area contributed by atoms with Crippen LogP contribution in [0.15, 0.2) is 42.7 Å². The zero-order valence-electron chi connectivity index (χ0n) is 9.94. The predicted molar refractivity (Wildman–Crippen MR) is 65.5 cm³/mol. The highest BCUT2D eigenvalue weighted by molar-refractivity contribution is 6.40. The van der Waals surface area contributed by atoms with E-state index in [1.807, 2.05) is 6.92 Å². The molecule has 0 aliphatic carbocycles.